The zero-order valence-corrected chi connectivity index (χ0v) is 20.2. The van der Waals surface area contributed by atoms with Crippen molar-refractivity contribution < 1.29 is 15.0 Å². The average Bonchev–Trinajstić information content (AvgIpc) is 2.73. The molecule has 0 spiro atoms. The summed E-state index contributed by atoms with van der Waals surface area (Å²) in [6, 6.07) is 23.4. The van der Waals surface area contributed by atoms with Crippen LogP contribution in [-0.2, 0) is 0 Å². The summed E-state index contributed by atoms with van der Waals surface area (Å²) in [7, 11) is 0. The van der Waals surface area contributed by atoms with Gasteiger partial charge in [-0.2, -0.15) is 0 Å². The van der Waals surface area contributed by atoms with Crippen molar-refractivity contribution in [1.29, 1.82) is 0 Å². The fraction of sp³-hybridized carbons (Fsp3) is 0.321. The Labute approximate surface area is 195 Å². The normalized spacial score (nSPS) is 13.1. The Hall–Kier alpha value is -2.40. The van der Waals surface area contributed by atoms with Gasteiger partial charge in [-0.15, -0.1) is 0 Å². The second kappa shape index (κ2) is 9.62. The largest absolute Gasteiger partial charge is 0.390 e. The van der Waals surface area contributed by atoms with E-state index in [1.807, 2.05) is 36.4 Å². The standard InChI is InChI=1S/C28H32O3S/c1-19-6-14-23(15-7-19)32-24-16-12-22(13-17-24)26(29)21-10-8-20(9-11-21)25(28(4,5)31)18-27(2,3)30/h6-17,25,30-31H,18H2,1-5H3. The predicted octanol–water partition coefficient (Wildman–Crippen LogP) is 6.39. The van der Waals surface area contributed by atoms with Crippen molar-refractivity contribution in [2.45, 2.75) is 68.0 Å². The van der Waals surface area contributed by atoms with Gasteiger partial charge in [-0.05, 0) is 83.0 Å². The smallest absolute Gasteiger partial charge is 0.193 e. The van der Waals surface area contributed by atoms with Crippen molar-refractivity contribution in [3.63, 3.8) is 0 Å². The molecule has 3 rings (SSSR count). The number of rotatable bonds is 8. The van der Waals surface area contributed by atoms with Crippen molar-refractivity contribution in [2.24, 2.45) is 0 Å². The van der Waals surface area contributed by atoms with Crippen LogP contribution >= 0.6 is 11.8 Å². The Kier molecular flexibility index (Phi) is 7.29. The van der Waals surface area contributed by atoms with Crippen molar-refractivity contribution in [1.82, 2.24) is 0 Å². The molecule has 3 aromatic carbocycles. The molecule has 0 saturated carbocycles. The van der Waals surface area contributed by atoms with Crippen LogP contribution in [0.4, 0.5) is 0 Å². The molecular formula is C28H32O3S. The molecule has 0 aromatic heterocycles. The van der Waals surface area contributed by atoms with Crippen LogP contribution in [0.2, 0.25) is 0 Å². The first-order valence-electron chi connectivity index (χ1n) is 10.9. The van der Waals surface area contributed by atoms with Crippen LogP contribution in [0.5, 0.6) is 0 Å². The highest BCUT2D eigenvalue weighted by Gasteiger charge is 2.33. The maximum Gasteiger partial charge on any atom is 0.193 e. The molecule has 3 nitrogen and oxygen atoms in total. The highest BCUT2D eigenvalue weighted by atomic mass is 32.2. The molecule has 1 atom stereocenters. The molecule has 0 bridgehead atoms. The number of carbonyl (C=O) groups excluding carboxylic acids is 1. The second-order valence-corrected chi connectivity index (χ2v) is 10.8. The molecule has 1 unspecified atom stereocenters. The summed E-state index contributed by atoms with van der Waals surface area (Å²) in [5, 5.41) is 20.9. The number of carbonyl (C=O) groups is 1. The van der Waals surface area contributed by atoms with Gasteiger partial charge in [-0.1, -0.05) is 53.7 Å². The van der Waals surface area contributed by atoms with E-state index < -0.39 is 11.2 Å². The minimum Gasteiger partial charge on any atom is -0.390 e. The molecule has 4 heteroatoms. The molecule has 0 saturated heterocycles. The Bertz CT molecular complexity index is 1040. The minimum atomic E-state index is -0.990. The zero-order valence-electron chi connectivity index (χ0n) is 19.4. The fourth-order valence-corrected chi connectivity index (χ4v) is 4.54. The Balaban J connectivity index is 1.74. The Morgan fingerprint density at radius 1 is 0.781 bits per heavy atom. The van der Waals surface area contributed by atoms with E-state index in [2.05, 4.69) is 31.2 Å². The lowest BCUT2D eigenvalue weighted by molar-refractivity contribution is -0.00224. The second-order valence-electron chi connectivity index (χ2n) is 9.61. The maximum atomic E-state index is 13.0. The van der Waals surface area contributed by atoms with Gasteiger partial charge in [-0.3, -0.25) is 4.79 Å². The van der Waals surface area contributed by atoms with Gasteiger partial charge in [0.15, 0.2) is 5.78 Å². The Morgan fingerprint density at radius 2 is 1.22 bits per heavy atom. The van der Waals surface area contributed by atoms with Crippen molar-refractivity contribution >= 4 is 17.5 Å². The quantitative estimate of drug-likeness (QED) is 0.392. The van der Waals surface area contributed by atoms with Crippen molar-refractivity contribution in [2.75, 3.05) is 0 Å². The van der Waals surface area contributed by atoms with E-state index in [1.165, 1.54) is 5.56 Å². The number of aliphatic hydroxyl groups is 2. The van der Waals surface area contributed by atoms with Gasteiger partial charge in [0.05, 0.1) is 11.2 Å². The first-order chi connectivity index (χ1) is 14.9. The Morgan fingerprint density at radius 3 is 1.66 bits per heavy atom. The van der Waals surface area contributed by atoms with Crippen LogP contribution in [0, 0.1) is 6.92 Å². The molecule has 0 radical (unpaired) electrons. The topological polar surface area (TPSA) is 57.5 Å². The van der Waals surface area contributed by atoms with E-state index >= 15 is 0 Å². The van der Waals surface area contributed by atoms with E-state index in [1.54, 1.807) is 51.6 Å². The van der Waals surface area contributed by atoms with Crippen LogP contribution in [0.15, 0.2) is 82.6 Å². The van der Waals surface area contributed by atoms with E-state index in [4.69, 9.17) is 0 Å². The maximum absolute atomic E-state index is 13.0. The molecule has 0 aliphatic carbocycles. The highest BCUT2D eigenvalue weighted by molar-refractivity contribution is 7.99. The van der Waals surface area contributed by atoms with Crippen LogP contribution in [0.1, 0.15) is 67.1 Å². The molecule has 32 heavy (non-hydrogen) atoms. The monoisotopic (exact) mass is 448 g/mol. The first-order valence-corrected chi connectivity index (χ1v) is 11.7. The number of aryl methyl sites for hydroxylation is 1. The van der Waals surface area contributed by atoms with E-state index in [0.29, 0.717) is 17.5 Å². The summed E-state index contributed by atoms with van der Waals surface area (Å²) in [4.78, 5) is 15.2. The van der Waals surface area contributed by atoms with Crippen LogP contribution in [-0.4, -0.2) is 27.2 Å². The lowest BCUT2D eigenvalue weighted by Gasteiger charge is -2.34. The SMILES string of the molecule is Cc1ccc(Sc2ccc(C(=O)c3ccc(C(CC(C)(C)O)C(C)(C)O)cc3)cc2)cc1. The van der Waals surface area contributed by atoms with Crippen molar-refractivity contribution in [3.8, 4) is 0 Å². The van der Waals surface area contributed by atoms with Gasteiger partial charge >= 0.3 is 0 Å². The summed E-state index contributed by atoms with van der Waals surface area (Å²) in [6.07, 6.45) is 0.421. The number of benzene rings is 3. The molecule has 2 N–H and O–H groups in total. The van der Waals surface area contributed by atoms with Gasteiger partial charge in [0.25, 0.3) is 0 Å². The lowest BCUT2D eigenvalue weighted by Crippen LogP contribution is -2.35. The molecule has 0 aliphatic heterocycles. The fourth-order valence-electron chi connectivity index (χ4n) is 3.73. The highest BCUT2D eigenvalue weighted by Crippen LogP contribution is 2.35. The number of ketones is 1. The minimum absolute atomic E-state index is 0.0364. The zero-order chi connectivity index (χ0) is 23.5. The van der Waals surface area contributed by atoms with Crippen LogP contribution in [0.25, 0.3) is 0 Å². The predicted molar refractivity (Wildman–Crippen MR) is 132 cm³/mol. The summed E-state index contributed by atoms with van der Waals surface area (Å²) in [6.45, 7) is 9.05. The molecule has 0 fully saturated rings. The van der Waals surface area contributed by atoms with Gasteiger partial charge in [-0.25, -0.2) is 0 Å². The van der Waals surface area contributed by atoms with Crippen LogP contribution < -0.4 is 0 Å². The average molecular weight is 449 g/mol. The molecular weight excluding hydrogens is 416 g/mol. The van der Waals surface area contributed by atoms with Crippen molar-refractivity contribution in [3.05, 3.63) is 95.1 Å². The van der Waals surface area contributed by atoms with Gasteiger partial charge < -0.3 is 10.2 Å². The third kappa shape index (κ3) is 6.55. The molecule has 0 amide bonds. The van der Waals surface area contributed by atoms with Gasteiger partial charge in [0, 0.05) is 26.8 Å². The van der Waals surface area contributed by atoms with Crippen LogP contribution in [0.3, 0.4) is 0 Å². The number of hydrogen-bond acceptors (Lipinski definition) is 4. The summed E-state index contributed by atoms with van der Waals surface area (Å²) < 4.78 is 0. The molecule has 0 aliphatic rings. The molecule has 3 aromatic rings. The third-order valence-corrected chi connectivity index (χ3v) is 6.52. The summed E-state index contributed by atoms with van der Waals surface area (Å²) in [5.74, 6) is -0.282. The number of hydrogen-bond donors (Lipinski definition) is 2. The summed E-state index contributed by atoms with van der Waals surface area (Å²) >= 11 is 1.67. The molecule has 168 valence electrons. The van der Waals surface area contributed by atoms with E-state index in [-0.39, 0.29) is 11.7 Å². The van der Waals surface area contributed by atoms with Gasteiger partial charge in [0.2, 0.25) is 0 Å². The first kappa shape index (κ1) is 24.2. The summed E-state index contributed by atoms with van der Waals surface area (Å²) in [5.41, 5.74) is 1.48. The molecule has 0 heterocycles. The third-order valence-electron chi connectivity index (χ3n) is 5.50. The van der Waals surface area contributed by atoms with E-state index in [9.17, 15) is 15.0 Å². The lowest BCUT2D eigenvalue weighted by atomic mass is 9.77. The van der Waals surface area contributed by atoms with E-state index in [0.717, 1.165) is 15.4 Å². The van der Waals surface area contributed by atoms with Gasteiger partial charge in [0.1, 0.15) is 0 Å².